The molecular weight excluding hydrogens is 396 g/mol. The molecule has 0 unspecified atom stereocenters. The van der Waals surface area contributed by atoms with Gasteiger partial charge in [-0.05, 0) is 91.3 Å². The molecule has 1 aliphatic heterocycles. The van der Waals surface area contributed by atoms with Crippen molar-refractivity contribution in [3.63, 3.8) is 0 Å². The second-order valence-corrected chi connectivity index (χ2v) is 8.96. The molecule has 4 nitrogen and oxygen atoms in total. The first-order valence-electron chi connectivity index (χ1n) is 10.9. The predicted molar refractivity (Wildman–Crippen MR) is 129 cm³/mol. The summed E-state index contributed by atoms with van der Waals surface area (Å²) < 4.78 is 0. The molecule has 1 heterocycles. The summed E-state index contributed by atoms with van der Waals surface area (Å²) >= 11 is 0. The smallest absolute Gasteiger partial charge is 0.258 e. The number of nitrogens with zero attached hydrogens (tertiary/aromatic N) is 1. The summed E-state index contributed by atoms with van der Waals surface area (Å²) in [7, 11) is 0. The summed E-state index contributed by atoms with van der Waals surface area (Å²) in [4.78, 5) is 27.1. The molecule has 0 aromatic heterocycles. The first-order valence-corrected chi connectivity index (χ1v) is 10.9. The lowest BCUT2D eigenvalue weighted by Gasteiger charge is -2.22. The van der Waals surface area contributed by atoms with Crippen LogP contribution in [-0.2, 0) is 13.0 Å². The Kier molecular flexibility index (Phi) is 4.55. The van der Waals surface area contributed by atoms with Crippen molar-refractivity contribution in [2.45, 2.75) is 40.7 Å². The number of hydrogen-bond acceptors (Lipinski definition) is 2. The molecule has 2 aliphatic rings. The van der Waals surface area contributed by atoms with Gasteiger partial charge in [-0.3, -0.25) is 9.59 Å². The first kappa shape index (κ1) is 20.3. The van der Waals surface area contributed by atoms with Crippen LogP contribution in [0.3, 0.4) is 0 Å². The maximum absolute atomic E-state index is 13.2. The van der Waals surface area contributed by atoms with Crippen LogP contribution in [0.25, 0.3) is 16.7 Å². The number of fused-ring (bicyclic) bond motifs is 2. The van der Waals surface area contributed by atoms with Crippen LogP contribution in [0.15, 0.2) is 54.1 Å². The number of hydrogen-bond donors (Lipinski definition) is 1. The van der Waals surface area contributed by atoms with E-state index >= 15 is 0 Å². The average Bonchev–Trinajstić information content (AvgIpc) is 3.24. The van der Waals surface area contributed by atoms with E-state index in [0.717, 1.165) is 56.6 Å². The van der Waals surface area contributed by atoms with E-state index in [1.54, 1.807) is 0 Å². The van der Waals surface area contributed by atoms with E-state index in [2.05, 4.69) is 32.9 Å². The summed E-state index contributed by atoms with van der Waals surface area (Å²) in [5.41, 5.74) is 17.9. The zero-order valence-electron chi connectivity index (χ0n) is 18.9. The van der Waals surface area contributed by atoms with Gasteiger partial charge in [0, 0.05) is 16.8 Å². The van der Waals surface area contributed by atoms with Crippen LogP contribution in [0.4, 0.5) is 5.69 Å². The van der Waals surface area contributed by atoms with Crippen molar-refractivity contribution >= 4 is 23.1 Å². The molecule has 2 N–H and O–H groups in total. The Morgan fingerprint density at radius 1 is 0.938 bits per heavy atom. The highest BCUT2D eigenvalue weighted by molar-refractivity contribution is 6.11. The van der Waals surface area contributed by atoms with Gasteiger partial charge in [-0.25, -0.2) is 0 Å². The summed E-state index contributed by atoms with van der Waals surface area (Å²) in [6, 6.07) is 16.0. The molecule has 4 heteroatoms. The van der Waals surface area contributed by atoms with Gasteiger partial charge in [0.2, 0.25) is 5.91 Å². The third kappa shape index (κ3) is 2.90. The fourth-order valence-electron chi connectivity index (χ4n) is 5.14. The Morgan fingerprint density at radius 3 is 2.47 bits per heavy atom. The number of benzene rings is 3. The van der Waals surface area contributed by atoms with Crippen LogP contribution in [0.2, 0.25) is 0 Å². The summed E-state index contributed by atoms with van der Waals surface area (Å²) in [5.74, 6) is -0.346. The maximum atomic E-state index is 13.2. The SMILES string of the molecule is CC1=C(C)c2c(-c3cccc(N4Cc5ccc(C)cc5C4=O)c3C)ccc(C(N)=O)c2C1. The second-order valence-electron chi connectivity index (χ2n) is 8.96. The molecule has 5 rings (SSSR count). The molecule has 160 valence electrons. The van der Waals surface area contributed by atoms with E-state index in [1.165, 1.54) is 11.1 Å². The van der Waals surface area contributed by atoms with Gasteiger partial charge in [-0.1, -0.05) is 41.5 Å². The minimum atomic E-state index is -0.392. The number of carbonyl (C=O) groups is 2. The quantitative estimate of drug-likeness (QED) is 0.599. The van der Waals surface area contributed by atoms with Gasteiger partial charge < -0.3 is 10.6 Å². The highest BCUT2D eigenvalue weighted by Gasteiger charge is 2.31. The molecule has 0 fully saturated rings. The van der Waals surface area contributed by atoms with Crippen LogP contribution in [0.1, 0.15) is 62.4 Å². The number of primary amides is 1. The molecule has 3 aromatic rings. The molecule has 0 saturated heterocycles. The maximum Gasteiger partial charge on any atom is 0.258 e. The number of anilines is 1. The highest BCUT2D eigenvalue weighted by Crippen LogP contribution is 2.43. The van der Waals surface area contributed by atoms with E-state index in [4.69, 9.17) is 5.73 Å². The van der Waals surface area contributed by atoms with Crippen LogP contribution in [0.5, 0.6) is 0 Å². The van der Waals surface area contributed by atoms with Crippen LogP contribution in [-0.4, -0.2) is 11.8 Å². The molecule has 2 amide bonds. The molecule has 1 aliphatic carbocycles. The van der Waals surface area contributed by atoms with E-state index in [-0.39, 0.29) is 5.91 Å². The zero-order valence-corrected chi connectivity index (χ0v) is 18.9. The van der Waals surface area contributed by atoms with Crippen molar-refractivity contribution in [1.29, 1.82) is 0 Å². The normalized spacial score (nSPS) is 14.8. The standard InChI is InChI=1S/C28H26N2O2/c1-15-8-9-19-14-30(28(32)23(19)12-15)25-7-5-6-20(18(25)4)21-10-11-22(27(29)31)24-13-16(2)17(3)26(21)24/h5-12H,13-14H2,1-4H3,(H2,29,31). The Morgan fingerprint density at radius 2 is 1.72 bits per heavy atom. The molecule has 0 bridgehead atoms. The predicted octanol–water partition coefficient (Wildman–Crippen LogP) is 5.58. The third-order valence-electron chi connectivity index (χ3n) is 6.99. The second kappa shape index (κ2) is 7.20. The molecule has 0 atom stereocenters. The van der Waals surface area contributed by atoms with Gasteiger partial charge in [0.05, 0.1) is 6.54 Å². The van der Waals surface area contributed by atoms with Gasteiger partial charge in [-0.15, -0.1) is 0 Å². The van der Waals surface area contributed by atoms with Crippen molar-refractivity contribution in [2.24, 2.45) is 5.73 Å². The number of aryl methyl sites for hydroxylation is 1. The molecular formula is C28H26N2O2. The van der Waals surface area contributed by atoms with Crippen molar-refractivity contribution in [3.8, 4) is 11.1 Å². The molecule has 3 aromatic carbocycles. The Hall–Kier alpha value is -3.66. The fraction of sp³-hybridized carbons (Fsp3) is 0.214. The summed E-state index contributed by atoms with van der Waals surface area (Å²) in [6.07, 6.45) is 0.741. The van der Waals surface area contributed by atoms with E-state index in [9.17, 15) is 9.59 Å². The van der Waals surface area contributed by atoms with Crippen LogP contribution >= 0.6 is 0 Å². The largest absolute Gasteiger partial charge is 0.366 e. The van der Waals surface area contributed by atoms with Gasteiger partial charge in [0.25, 0.3) is 5.91 Å². The van der Waals surface area contributed by atoms with Crippen molar-refractivity contribution in [2.75, 3.05) is 4.90 Å². The average molecular weight is 423 g/mol. The summed E-state index contributed by atoms with van der Waals surface area (Å²) in [5, 5.41) is 0. The van der Waals surface area contributed by atoms with Crippen LogP contribution < -0.4 is 10.6 Å². The first-order chi connectivity index (χ1) is 15.3. The highest BCUT2D eigenvalue weighted by atomic mass is 16.2. The van der Waals surface area contributed by atoms with E-state index in [0.29, 0.717) is 12.1 Å². The van der Waals surface area contributed by atoms with Gasteiger partial charge in [-0.2, -0.15) is 0 Å². The molecule has 0 spiro atoms. The lowest BCUT2D eigenvalue weighted by Crippen LogP contribution is -2.24. The van der Waals surface area contributed by atoms with Crippen molar-refractivity contribution in [3.05, 3.63) is 93.0 Å². The fourth-order valence-corrected chi connectivity index (χ4v) is 5.14. The van der Waals surface area contributed by atoms with Crippen molar-refractivity contribution < 1.29 is 9.59 Å². The van der Waals surface area contributed by atoms with Crippen LogP contribution in [0, 0.1) is 13.8 Å². The molecule has 0 radical (unpaired) electrons. The lowest BCUT2D eigenvalue weighted by molar-refractivity contribution is 0.0989. The number of rotatable bonds is 3. The Bertz CT molecular complexity index is 1360. The van der Waals surface area contributed by atoms with Gasteiger partial charge in [0.1, 0.15) is 0 Å². The van der Waals surface area contributed by atoms with Gasteiger partial charge >= 0.3 is 0 Å². The number of allylic oxidation sites excluding steroid dienone is 2. The Labute approximate surface area is 188 Å². The number of amides is 2. The zero-order chi connectivity index (χ0) is 22.7. The van der Waals surface area contributed by atoms with Gasteiger partial charge in [0.15, 0.2) is 0 Å². The number of carbonyl (C=O) groups excluding carboxylic acids is 2. The minimum Gasteiger partial charge on any atom is -0.366 e. The number of nitrogens with two attached hydrogens (primary N) is 1. The van der Waals surface area contributed by atoms with E-state index in [1.807, 2.05) is 48.2 Å². The summed E-state index contributed by atoms with van der Waals surface area (Å²) in [6.45, 7) is 8.88. The molecule has 32 heavy (non-hydrogen) atoms. The molecule has 0 saturated carbocycles. The van der Waals surface area contributed by atoms with Crippen molar-refractivity contribution in [1.82, 2.24) is 0 Å². The van der Waals surface area contributed by atoms with E-state index < -0.39 is 5.91 Å². The third-order valence-corrected chi connectivity index (χ3v) is 6.99. The monoisotopic (exact) mass is 422 g/mol. The Balaban J connectivity index is 1.65. The topological polar surface area (TPSA) is 63.4 Å². The lowest BCUT2D eigenvalue weighted by atomic mass is 9.88. The minimum absolute atomic E-state index is 0.0465.